The fourth-order valence-electron chi connectivity index (χ4n) is 4.84. The van der Waals surface area contributed by atoms with Crippen molar-refractivity contribution in [1.82, 2.24) is 9.71 Å². The molecule has 1 aliphatic heterocycles. The molecule has 6 nitrogen and oxygen atoms in total. The average Bonchev–Trinajstić information content (AvgIpc) is 3.02. The first-order chi connectivity index (χ1) is 19.9. The molecule has 0 spiro atoms. The van der Waals surface area contributed by atoms with Crippen molar-refractivity contribution in [2.45, 2.75) is 57.0 Å². The van der Waals surface area contributed by atoms with E-state index in [1.165, 1.54) is 11.9 Å². The molecule has 1 aromatic heterocycles. The van der Waals surface area contributed by atoms with Crippen LogP contribution >= 0.6 is 11.9 Å². The summed E-state index contributed by atoms with van der Waals surface area (Å²) >= 11 is 1.28. The summed E-state index contributed by atoms with van der Waals surface area (Å²) < 4.78 is 14.3. The van der Waals surface area contributed by atoms with E-state index in [-0.39, 0.29) is 11.5 Å². The second-order valence-corrected chi connectivity index (χ2v) is 11.4. The molecule has 1 amide bonds. The summed E-state index contributed by atoms with van der Waals surface area (Å²) in [6.07, 6.45) is 11.9. The number of amides is 1. The van der Waals surface area contributed by atoms with Crippen molar-refractivity contribution in [3.05, 3.63) is 82.9 Å². The van der Waals surface area contributed by atoms with Gasteiger partial charge in [-0.2, -0.15) is 0 Å². The first-order valence-corrected chi connectivity index (χ1v) is 15.0. The van der Waals surface area contributed by atoms with Crippen LogP contribution in [0.1, 0.15) is 46.5 Å². The SMILES string of the molecule is CCC\C=c1/cccc(-c2ccccn2)/c1=C/C=C(\C)C(=O)NSc1cc(N2CCC(C)(OC)CC2)ccc1OC. The Morgan fingerprint density at radius 1 is 1.12 bits per heavy atom. The third-order valence-corrected chi connectivity index (χ3v) is 8.50. The lowest BCUT2D eigenvalue weighted by atomic mass is 9.93. The highest BCUT2D eigenvalue weighted by Crippen LogP contribution is 2.34. The lowest BCUT2D eigenvalue weighted by molar-refractivity contribution is -0.115. The van der Waals surface area contributed by atoms with E-state index >= 15 is 0 Å². The zero-order valence-electron chi connectivity index (χ0n) is 24.8. The normalized spacial score (nSPS) is 16.1. The number of ether oxygens (including phenoxy) is 2. The summed E-state index contributed by atoms with van der Waals surface area (Å²) in [5.74, 6) is 0.577. The Bertz CT molecular complexity index is 1480. The fraction of sp³-hybridized carbons (Fsp3) is 0.353. The van der Waals surface area contributed by atoms with E-state index in [0.29, 0.717) is 5.57 Å². The number of aromatic nitrogens is 1. The molecule has 1 aliphatic rings. The molecule has 4 rings (SSSR count). The van der Waals surface area contributed by atoms with Gasteiger partial charge in [-0.15, -0.1) is 0 Å². The molecule has 3 aromatic rings. The molecule has 216 valence electrons. The van der Waals surface area contributed by atoms with Crippen LogP contribution in [0.15, 0.2) is 77.3 Å². The smallest absolute Gasteiger partial charge is 0.257 e. The van der Waals surface area contributed by atoms with Crippen molar-refractivity contribution in [3.8, 4) is 17.0 Å². The number of nitrogens with zero attached hydrogens (tertiary/aromatic N) is 2. The molecule has 41 heavy (non-hydrogen) atoms. The summed E-state index contributed by atoms with van der Waals surface area (Å²) in [5, 5.41) is 2.19. The Morgan fingerprint density at radius 3 is 2.61 bits per heavy atom. The predicted octanol–water partition coefficient (Wildman–Crippen LogP) is 5.89. The molecule has 0 saturated carbocycles. The highest BCUT2D eigenvalue weighted by molar-refractivity contribution is 7.98. The Balaban J connectivity index is 1.54. The number of allylic oxidation sites excluding steroid dienone is 1. The minimum atomic E-state index is -0.151. The zero-order chi connectivity index (χ0) is 29.2. The summed E-state index contributed by atoms with van der Waals surface area (Å²) in [6, 6.07) is 18.3. The van der Waals surface area contributed by atoms with Crippen LogP contribution in [0, 0.1) is 0 Å². The maximum Gasteiger partial charge on any atom is 0.257 e. The van der Waals surface area contributed by atoms with Crippen LogP contribution in [-0.2, 0) is 9.53 Å². The summed E-state index contributed by atoms with van der Waals surface area (Å²) in [5.41, 5.74) is 3.61. The largest absolute Gasteiger partial charge is 0.496 e. The predicted molar refractivity (Wildman–Crippen MR) is 170 cm³/mol. The second-order valence-electron chi connectivity index (χ2n) is 10.5. The van der Waals surface area contributed by atoms with E-state index in [1.54, 1.807) is 20.4 Å². The quantitative estimate of drug-likeness (QED) is 0.242. The molecule has 2 heterocycles. The fourth-order valence-corrected chi connectivity index (χ4v) is 5.64. The number of unbranched alkanes of at least 4 members (excludes halogenated alkanes) is 1. The average molecular weight is 572 g/mol. The summed E-state index contributed by atoms with van der Waals surface area (Å²) in [4.78, 5) is 20.9. The van der Waals surface area contributed by atoms with Crippen LogP contribution in [-0.4, -0.2) is 43.8 Å². The van der Waals surface area contributed by atoms with Gasteiger partial charge >= 0.3 is 0 Å². The van der Waals surface area contributed by atoms with Gasteiger partial charge in [-0.1, -0.05) is 55.8 Å². The monoisotopic (exact) mass is 571 g/mol. The molecule has 0 unspecified atom stereocenters. The third kappa shape index (κ3) is 7.80. The minimum Gasteiger partial charge on any atom is -0.496 e. The minimum absolute atomic E-state index is 0.0671. The molecular formula is C34H41N3O3S. The number of hydrogen-bond acceptors (Lipinski definition) is 6. The number of carbonyl (C=O) groups is 1. The van der Waals surface area contributed by atoms with Crippen molar-refractivity contribution in [1.29, 1.82) is 0 Å². The van der Waals surface area contributed by atoms with E-state index < -0.39 is 0 Å². The Hall–Kier alpha value is -3.55. The first-order valence-electron chi connectivity index (χ1n) is 14.2. The highest BCUT2D eigenvalue weighted by Gasteiger charge is 2.30. The third-order valence-electron chi connectivity index (χ3n) is 7.67. The molecule has 1 fully saturated rings. The van der Waals surface area contributed by atoms with Crippen LogP contribution < -0.4 is 24.8 Å². The lowest BCUT2D eigenvalue weighted by Gasteiger charge is -2.39. The van der Waals surface area contributed by atoms with E-state index in [1.807, 2.05) is 43.3 Å². The maximum atomic E-state index is 13.1. The molecule has 0 atom stereocenters. The van der Waals surface area contributed by atoms with Crippen LogP contribution in [0.4, 0.5) is 5.69 Å². The lowest BCUT2D eigenvalue weighted by Crippen LogP contribution is -2.43. The molecule has 0 aliphatic carbocycles. The van der Waals surface area contributed by atoms with Crippen LogP contribution in [0.3, 0.4) is 0 Å². The van der Waals surface area contributed by atoms with Gasteiger partial charge in [-0.25, -0.2) is 0 Å². The first kappa shape index (κ1) is 30.4. The molecule has 1 saturated heterocycles. The molecule has 1 N–H and O–H groups in total. The molecule has 0 radical (unpaired) electrons. The topological polar surface area (TPSA) is 63.7 Å². The van der Waals surface area contributed by atoms with Gasteiger partial charge in [0.2, 0.25) is 0 Å². The number of benzene rings is 2. The van der Waals surface area contributed by atoms with Crippen molar-refractivity contribution in [2.24, 2.45) is 0 Å². The number of nitrogens with one attached hydrogen (secondary N) is 1. The number of hydrogen-bond donors (Lipinski definition) is 1. The van der Waals surface area contributed by atoms with Crippen LogP contribution in [0.5, 0.6) is 5.75 Å². The van der Waals surface area contributed by atoms with Gasteiger partial charge < -0.3 is 14.4 Å². The van der Waals surface area contributed by atoms with Gasteiger partial charge in [0.25, 0.3) is 5.91 Å². The number of pyridine rings is 1. The van der Waals surface area contributed by atoms with Crippen molar-refractivity contribution in [3.63, 3.8) is 0 Å². The van der Waals surface area contributed by atoms with Gasteiger partial charge in [0.1, 0.15) is 5.75 Å². The summed E-state index contributed by atoms with van der Waals surface area (Å²) in [7, 11) is 3.44. The van der Waals surface area contributed by atoms with Crippen molar-refractivity contribution in [2.75, 3.05) is 32.2 Å². The number of anilines is 1. The number of carbonyl (C=O) groups excluding carboxylic acids is 1. The van der Waals surface area contributed by atoms with Gasteiger partial charge in [0.05, 0.1) is 23.3 Å². The van der Waals surface area contributed by atoms with E-state index in [9.17, 15) is 4.79 Å². The van der Waals surface area contributed by atoms with E-state index in [0.717, 1.165) is 76.8 Å². The van der Waals surface area contributed by atoms with Gasteiger partial charge in [0, 0.05) is 43.2 Å². The van der Waals surface area contributed by atoms with Crippen molar-refractivity contribution < 1.29 is 14.3 Å². The molecule has 0 bridgehead atoms. The Labute approximate surface area is 248 Å². The highest BCUT2D eigenvalue weighted by atomic mass is 32.2. The number of rotatable bonds is 10. The van der Waals surface area contributed by atoms with Gasteiger partial charge in [-0.3, -0.25) is 14.5 Å². The Morgan fingerprint density at radius 2 is 1.93 bits per heavy atom. The van der Waals surface area contributed by atoms with E-state index in [4.69, 9.17) is 9.47 Å². The number of piperidine rings is 1. The van der Waals surface area contributed by atoms with Crippen LogP contribution in [0.2, 0.25) is 0 Å². The zero-order valence-corrected chi connectivity index (χ0v) is 25.6. The summed E-state index contributed by atoms with van der Waals surface area (Å²) in [6.45, 7) is 8.01. The second kappa shape index (κ2) is 14.4. The number of methoxy groups -OCH3 is 2. The standard InChI is InChI=1S/C34H41N3O3S/c1-6-7-11-26-12-10-13-29(30-14-8-9-21-35-30)28(26)17-15-25(2)33(38)36-41-32-24-27(16-18-31(32)39-4)37-22-19-34(3,40-5)20-23-37/h8-18,21,24H,6-7,19-20,22-23H2,1-5H3,(H,36,38)/b25-15+,26-11+,28-17+. The molecular weight excluding hydrogens is 530 g/mol. The van der Waals surface area contributed by atoms with Gasteiger partial charge in [0.15, 0.2) is 0 Å². The van der Waals surface area contributed by atoms with Crippen LogP contribution in [0.25, 0.3) is 23.4 Å². The Kier molecular flexibility index (Phi) is 10.7. The molecule has 7 heteroatoms. The van der Waals surface area contributed by atoms with E-state index in [2.05, 4.69) is 64.9 Å². The maximum absolute atomic E-state index is 13.1. The van der Waals surface area contributed by atoms with Gasteiger partial charge in [-0.05, 0) is 85.8 Å². The molecule has 2 aromatic carbocycles. The van der Waals surface area contributed by atoms with Crippen molar-refractivity contribution >= 4 is 35.7 Å².